The van der Waals surface area contributed by atoms with Gasteiger partial charge in [-0.05, 0) is 34.9 Å². The summed E-state index contributed by atoms with van der Waals surface area (Å²) in [4.78, 5) is 24.9. The highest BCUT2D eigenvalue weighted by atomic mass is 16.5. The molecule has 1 amide bonds. The molecule has 1 N–H and O–H groups in total. The molecular formula is C26H22N2O4. The van der Waals surface area contributed by atoms with E-state index in [1.165, 1.54) is 6.08 Å². The monoisotopic (exact) mass is 426 g/mol. The molecule has 0 aliphatic rings. The van der Waals surface area contributed by atoms with E-state index in [0.29, 0.717) is 11.3 Å². The van der Waals surface area contributed by atoms with Crippen molar-refractivity contribution in [2.45, 2.75) is 6.04 Å². The highest BCUT2D eigenvalue weighted by molar-refractivity contribution is 5.98. The van der Waals surface area contributed by atoms with E-state index in [2.05, 4.69) is 5.32 Å². The number of carbonyl (C=O) groups is 2. The molecule has 6 heteroatoms. The van der Waals surface area contributed by atoms with Gasteiger partial charge in [0.25, 0.3) is 5.91 Å². The van der Waals surface area contributed by atoms with Gasteiger partial charge in [-0.2, -0.15) is 5.26 Å². The maximum absolute atomic E-state index is 12.5. The van der Waals surface area contributed by atoms with E-state index >= 15 is 0 Å². The molecule has 0 radical (unpaired) electrons. The van der Waals surface area contributed by atoms with Crippen LogP contribution in [0.25, 0.3) is 6.08 Å². The van der Waals surface area contributed by atoms with Gasteiger partial charge in [0.05, 0.1) is 13.2 Å². The van der Waals surface area contributed by atoms with E-state index in [1.807, 2.05) is 66.7 Å². The van der Waals surface area contributed by atoms with Gasteiger partial charge in [-0.15, -0.1) is 0 Å². The topological polar surface area (TPSA) is 88.4 Å². The number of nitrogens with one attached hydrogen (secondary N) is 1. The Morgan fingerprint density at radius 3 is 2.00 bits per heavy atom. The Bertz CT molecular complexity index is 1080. The summed E-state index contributed by atoms with van der Waals surface area (Å²) in [6.07, 6.45) is 1.40. The van der Waals surface area contributed by atoms with Crippen LogP contribution in [0, 0.1) is 11.3 Å². The van der Waals surface area contributed by atoms with Crippen molar-refractivity contribution in [2.75, 3.05) is 13.7 Å². The second-order valence-electron chi connectivity index (χ2n) is 6.84. The van der Waals surface area contributed by atoms with Crippen molar-refractivity contribution in [3.05, 3.63) is 107 Å². The average molecular weight is 426 g/mol. The molecule has 0 aliphatic carbocycles. The lowest BCUT2D eigenvalue weighted by Gasteiger charge is -2.19. The number of nitriles is 1. The van der Waals surface area contributed by atoms with Crippen molar-refractivity contribution in [1.82, 2.24) is 5.32 Å². The van der Waals surface area contributed by atoms with Gasteiger partial charge in [0, 0.05) is 0 Å². The fourth-order valence-corrected chi connectivity index (χ4v) is 3.07. The Balaban J connectivity index is 1.65. The number of ether oxygens (including phenoxy) is 2. The molecule has 3 aromatic rings. The summed E-state index contributed by atoms with van der Waals surface area (Å²) in [5.41, 5.74) is 2.23. The molecule has 0 saturated heterocycles. The smallest absolute Gasteiger partial charge is 0.349 e. The Morgan fingerprint density at radius 1 is 0.938 bits per heavy atom. The lowest BCUT2D eigenvalue weighted by molar-refractivity contribution is -0.144. The van der Waals surface area contributed by atoms with Gasteiger partial charge >= 0.3 is 5.97 Å². The molecule has 32 heavy (non-hydrogen) atoms. The van der Waals surface area contributed by atoms with Gasteiger partial charge in [0.15, 0.2) is 6.61 Å². The first-order valence-electron chi connectivity index (χ1n) is 9.93. The normalized spacial score (nSPS) is 10.8. The van der Waals surface area contributed by atoms with Crippen LogP contribution >= 0.6 is 0 Å². The van der Waals surface area contributed by atoms with Crippen LogP contribution in [-0.2, 0) is 14.3 Å². The minimum Gasteiger partial charge on any atom is -0.497 e. The van der Waals surface area contributed by atoms with E-state index in [-0.39, 0.29) is 5.57 Å². The lowest BCUT2D eigenvalue weighted by atomic mass is 9.99. The molecule has 0 heterocycles. The van der Waals surface area contributed by atoms with Crippen LogP contribution in [0.4, 0.5) is 0 Å². The number of hydrogen-bond donors (Lipinski definition) is 1. The van der Waals surface area contributed by atoms with Crippen molar-refractivity contribution in [3.8, 4) is 11.8 Å². The van der Waals surface area contributed by atoms with Crippen LogP contribution in [0.1, 0.15) is 22.7 Å². The van der Waals surface area contributed by atoms with Crippen molar-refractivity contribution in [1.29, 1.82) is 5.26 Å². The number of amides is 1. The van der Waals surface area contributed by atoms with E-state index < -0.39 is 24.5 Å². The fraction of sp³-hybridized carbons (Fsp3) is 0.115. The third-order valence-corrected chi connectivity index (χ3v) is 4.67. The van der Waals surface area contributed by atoms with E-state index in [1.54, 1.807) is 31.4 Å². The van der Waals surface area contributed by atoms with Crippen LogP contribution in [0.3, 0.4) is 0 Å². The molecule has 0 aromatic heterocycles. The van der Waals surface area contributed by atoms with E-state index in [9.17, 15) is 14.9 Å². The van der Waals surface area contributed by atoms with Gasteiger partial charge in [-0.25, -0.2) is 4.79 Å². The molecule has 160 valence electrons. The summed E-state index contributed by atoms with van der Waals surface area (Å²) in [5, 5.41) is 12.2. The molecule has 0 fully saturated rings. The molecular weight excluding hydrogens is 404 g/mol. The first-order valence-corrected chi connectivity index (χ1v) is 9.93. The van der Waals surface area contributed by atoms with E-state index in [4.69, 9.17) is 9.47 Å². The summed E-state index contributed by atoms with van der Waals surface area (Å²) in [5.74, 6) is -0.682. The molecule has 0 bridgehead atoms. The van der Waals surface area contributed by atoms with E-state index in [0.717, 1.165) is 11.1 Å². The second-order valence-corrected chi connectivity index (χ2v) is 6.84. The van der Waals surface area contributed by atoms with Crippen LogP contribution in [0.15, 0.2) is 90.5 Å². The minimum atomic E-state index is -0.866. The van der Waals surface area contributed by atoms with Crippen molar-refractivity contribution >= 4 is 18.0 Å². The van der Waals surface area contributed by atoms with Crippen molar-refractivity contribution < 1.29 is 19.1 Å². The quantitative estimate of drug-likeness (QED) is 0.333. The highest BCUT2D eigenvalue weighted by Crippen LogP contribution is 2.21. The number of esters is 1. The number of hydrogen-bond acceptors (Lipinski definition) is 5. The molecule has 0 spiro atoms. The number of carbonyl (C=O) groups excluding carboxylic acids is 2. The third kappa shape index (κ3) is 6.07. The Kier molecular flexibility index (Phi) is 7.77. The Labute approximate surface area is 186 Å². The first kappa shape index (κ1) is 22.3. The van der Waals surface area contributed by atoms with Gasteiger partial charge in [-0.1, -0.05) is 72.8 Å². The summed E-state index contributed by atoms with van der Waals surface area (Å²) >= 11 is 0. The maximum Gasteiger partial charge on any atom is 0.349 e. The Morgan fingerprint density at radius 2 is 1.50 bits per heavy atom. The predicted octanol–water partition coefficient (Wildman–Crippen LogP) is 4.05. The van der Waals surface area contributed by atoms with Gasteiger partial charge in [0.2, 0.25) is 0 Å². The molecule has 0 unspecified atom stereocenters. The molecule has 3 rings (SSSR count). The zero-order valence-corrected chi connectivity index (χ0v) is 17.5. The highest BCUT2D eigenvalue weighted by Gasteiger charge is 2.18. The summed E-state index contributed by atoms with van der Waals surface area (Å²) in [6, 6.07) is 27.3. The van der Waals surface area contributed by atoms with Crippen molar-refractivity contribution in [2.24, 2.45) is 0 Å². The van der Waals surface area contributed by atoms with Crippen LogP contribution in [0.5, 0.6) is 5.75 Å². The summed E-state index contributed by atoms with van der Waals surface area (Å²) in [6.45, 7) is -0.503. The zero-order valence-electron chi connectivity index (χ0n) is 17.5. The first-order chi connectivity index (χ1) is 15.6. The number of rotatable bonds is 8. The minimum absolute atomic E-state index is 0.203. The molecule has 6 nitrogen and oxygen atoms in total. The largest absolute Gasteiger partial charge is 0.497 e. The third-order valence-electron chi connectivity index (χ3n) is 4.67. The second kappa shape index (κ2) is 11.1. The van der Waals surface area contributed by atoms with Gasteiger partial charge in [0.1, 0.15) is 17.4 Å². The lowest BCUT2D eigenvalue weighted by Crippen LogP contribution is -2.33. The van der Waals surface area contributed by atoms with Crippen LogP contribution in [-0.4, -0.2) is 25.6 Å². The SMILES string of the molecule is COc1ccc(C=C(C#N)C(=O)OCC(=O)NC(c2ccccc2)c2ccccc2)cc1. The average Bonchev–Trinajstić information content (AvgIpc) is 2.85. The predicted molar refractivity (Wildman–Crippen MR) is 120 cm³/mol. The fourth-order valence-electron chi connectivity index (χ4n) is 3.07. The summed E-state index contributed by atoms with van der Waals surface area (Å²) < 4.78 is 10.2. The van der Waals surface area contributed by atoms with Crippen LogP contribution in [0.2, 0.25) is 0 Å². The molecule has 3 aromatic carbocycles. The van der Waals surface area contributed by atoms with Gasteiger partial charge < -0.3 is 14.8 Å². The van der Waals surface area contributed by atoms with Gasteiger partial charge in [-0.3, -0.25) is 4.79 Å². The van der Waals surface area contributed by atoms with Crippen LogP contribution < -0.4 is 10.1 Å². The molecule has 0 atom stereocenters. The Hall–Kier alpha value is -4.37. The number of methoxy groups -OCH3 is 1. The number of benzene rings is 3. The maximum atomic E-state index is 12.5. The molecule has 0 saturated carbocycles. The summed E-state index contributed by atoms with van der Waals surface area (Å²) in [7, 11) is 1.55. The number of nitrogens with zero attached hydrogens (tertiary/aromatic N) is 1. The molecule has 0 aliphatic heterocycles. The zero-order chi connectivity index (χ0) is 22.8. The van der Waals surface area contributed by atoms with Crippen molar-refractivity contribution in [3.63, 3.8) is 0 Å². The standard InChI is InChI=1S/C26H22N2O4/c1-31-23-14-12-19(13-15-23)16-22(17-27)26(30)32-18-24(29)28-25(20-8-4-2-5-9-20)21-10-6-3-7-11-21/h2-16,25H,18H2,1H3,(H,28,29).